The van der Waals surface area contributed by atoms with Gasteiger partial charge >= 0.3 is 0 Å². The Morgan fingerprint density at radius 1 is 1.11 bits per heavy atom. The lowest BCUT2D eigenvalue weighted by Gasteiger charge is -2.34. The van der Waals surface area contributed by atoms with Gasteiger partial charge in [-0.2, -0.15) is 0 Å². The van der Waals surface area contributed by atoms with E-state index in [-0.39, 0.29) is 36.1 Å². The molecule has 5 rings (SSSR count). The molecule has 0 aliphatic carbocycles. The van der Waals surface area contributed by atoms with Crippen LogP contribution >= 0.6 is 11.8 Å². The highest BCUT2D eigenvalue weighted by Crippen LogP contribution is 2.66. The molecule has 4 saturated heterocycles. The van der Waals surface area contributed by atoms with Crippen molar-refractivity contribution in [3.8, 4) is 0 Å². The Morgan fingerprint density at radius 2 is 1.89 bits per heavy atom. The first-order valence-electron chi connectivity index (χ1n) is 12.5. The molecular weight excluding hydrogens is 468 g/mol. The Balaban J connectivity index is 1.29. The fraction of sp³-hybridized carbons (Fsp3) is 0.640. The molecule has 3 amide bonds. The predicted molar refractivity (Wildman–Crippen MR) is 131 cm³/mol. The second-order valence-corrected chi connectivity index (χ2v) is 11.4. The zero-order chi connectivity index (χ0) is 24.4. The molecule has 1 aromatic carbocycles. The topological polar surface area (TPSA) is 111 Å². The maximum Gasteiger partial charge on any atom is 0.244 e. The van der Waals surface area contributed by atoms with Gasteiger partial charge in [-0.3, -0.25) is 19.3 Å². The van der Waals surface area contributed by atoms with Gasteiger partial charge in [-0.25, -0.2) is 0 Å². The van der Waals surface area contributed by atoms with Gasteiger partial charge in [0, 0.05) is 44.5 Å². The molecule has 2 unspecified atom stereocenters. The highest BCUT2D eigenvalue weighted by atomic mass is 32.2. The number of amides is 3. The quantitative estimate of drug-likeness (QED) is 0.430. The van der Waals surface area contributed by atoms with Crippen molar-refractivity contribution in [1.82, 2.24) is 20.4 Å². The molecule has 5 atom stereocenters. The minimum absolute atomic E-state index is 0.0275. The summed E-state index contributed by atoms with van der Waals surface area (Å²) in [6.07, 6.45) is 1.53. The number of likely N-dealkylation sites (tertiary alicyclic amines) is 1. The van der Waals surface area contributed by atoms with Crippen LogP contribution in [0.25, 0.3) is 0 Å². The number of ether oxygens (including phenoxy) is 1. The van der Waals surface area contributed by atoms with E-state index in [0.717, 1.165) is 38.0 Å². The number of hydrogen-bond donors (Lipinski definition) is 3. The number of nitrogens with one attached hydrogen (secondary N) is 2. The van der Waals surface area contributed by atoms with Crippen molar-refractivity contribution in [2.45, 2.75) is 35.4 Å². The van der Waals surface area contributed by atoms with Gasteiger partial charge in [-0.1, -0.05) is 30.3 Å². The number of benzene rings is 1. The molecule has 190 valence electrons. The van der Waals surface area contributed by atoms with E-state index in [1.165, 1.54) is 4.90 Å². The summed E-state index contributed by atoms with van der Waals surface area (Å²) >= 11 is 1.65. The average molecular weight is 503 g/mol. The fourth-order valence-electron chi connectivity index (χ4n) is 6.26. The maximum atomic E-state index is 13.6. The van der Waals surface area contributed by atoms with Crippen molar-refractivity contribution in [1.29, 1.82) is 0 Å². The van der Waals surface area contributed by atoms with E-state index < -0.39 is 22.6 Å². The third-order valence-corrected chi connectivity index (χ3v) is 9.78. The zero-order valence-corrected chi connectivity index (χ0v) is 20.7. The van der Waals surface area contributed by atoms with Crippen molar-refractivity contribution < 1.29 is 24.2 Å². The highest BCUT2D eigenvalue weighted by molar-refractivity contribution is 8.02. The number of thioether (sulfide) groups is 1. The molecular formula is C25H34N4O5S. The number of β-amino-alcohol motifs (C(OH)–C–C–N with tert-alkyl or cyclic N) is 1. The van der Waals surface area contributed by atoms with Gasteiger partial charge in [-0.05, 0) is 18.4 Å². The number of aliphatic hydroxyl groups is 1. The van der Waals surface area contributed by atoms with Crippen molar-refractivity contribution in [3.05, 3.63) is 35.9 Å². The van der Waals surface area contributed by atoms with E-state index in [1.807, 2.05) is 30.3 Å². The van der Waals surface area contributed by atoms with Crippen LogP contribution in [0.4, 0.5) is 0 Å². The van der Waals surface area contributed by atoms with Crippen LogP contribution in [0.15, 0.2) is 30.3 Å². The summed E-state index contributed by atoms with van der Waals surface area (Å²) < 4.78 is 4.76. The third kappa shape index (κ3) is 4.57. The fourth-order valence-corrected chi connectivity index (χ4v) is 8.48. The predicted octanol–water partition coefficient (Wildman–Crippen LogP) is -0.165. The van der Waals surface area contributed by atoms with Crippen LogP contribution in [0, 0.1) is 11.8 Å². The summed E-state index contributed by atoms with van der Waals surface area (Å²) in [6, 6.07) is 9.04. The van der Waals surface area contributed by atoms with E-state index in [9.17, 15) is 19.5 Å². The lowest BCUT2D eigenvalue weighted by molar-refractivity contribution is -0.140. The summed E-state index contributed by atoms with van der Waals surface area (Å²) in [5, 5.41) is 15.8. The number of carbonyl (C=O) groups excluding carboxylic acids is 3. The Bertz CT molecular complexity index is 943. The van der Waals surface area contributed by atoms with Gasteiger partial charge in [0.05, 0.1) is 36.4 Å². The minimum atomic E-state index is -0.668. The monoisotopic (exact) mass is 502 g/mol. The summed E-state index contributed by atoms with van der Waals surface area (Å²) in [6.45, 7) is 4.60. The first-order valence-corrected chi connectivity index (χ1v) is 13.4. The van der Waals surface area contributed by atoms with E-state index in [1.54, 1.807) is 11.8 Å². The maximum absolute atomic E-state index is 13.6. The second kappa shape index (κ2) is 10.5. The normalized spacial score (nSPS) is 32.0. The Hall–Kier alpha value is -2.14. The van der Waals surface area contributed by atoms with Crippen molar-refractivity contribution in [3.63, 3.8) is 0 Å². The van der Waals surface area contributed by atoms with Crippen molar-refractivity contribution in [2.75, 3.05) is 52.5 Å². The summed E-state index contributed by atoms with van der Waals surface area (Å²) in [7, 11) is 0. The van der Waals surface area contributed by atoms with Crippen LogP contribution in [-0.4, -0.2) is 101 Å². The molecule has 4 aliphatic rings. The average Bonchev–Trinajstić information content (AvgIpc) is 3.52. The van der Waals surface area contributed by atoms with Crippen LogP contribution in [0.2, 0.25) is 0 Å². The molecule has 4 heterocycles. The largest absolute Gasteiger partial charge is 0.395 e. The number of morpholine rings is 1. The minimum Gasteiger partial charge on any atom is -0.395 e. The van der Waals surface area contributed by atoms with E-state index in [0.29, 0.717) is 26.3 Å². The van der Waals surface area contributed by atoms with Crippen LogP contribution < -0.4 is 10.6 Å². The molecule has 4 fully saturated rings. The standard InChI is InChI=1S/C25H34N4O5S/c30-13-10-29-21(23(32)26-8-9-28-11-14-34-15-12-28)25-7-6-18(35-25)19(20(25)24(29)33)22(31)27-16-17-4-2-1-3-5-17/h1-5,18-21,30H,6-16H2,(H,26,32)(H,27,31)/t18-,19+,20-,21?,25?/m0/s1. The molecule has 1 aromatic rings. The summed E-state index contributed by atoms with van der Waals surface area (Å²) in [5.74, 6) is -1.48. The van der Waals surface area contributed by atoms with Crippen LogP contribution in [0.3, 0.4) is 0 Å². The van der Waals surface area contributed by atoms with E-state index >= 15 is 0 Å². The van der Waals surface area contributed by atoms with Crippen molar-refractivity contribution >= 4 is 29.5 Å². The van der Waals surface area contributed by atoms with Crippen LogP contribution in [0.5, 0.6) is 0 Å². The molecule has 3 N–H and O–H groups in total. The molecule has 2 bridgehead atoms. The van der Waals surface area contributed by atoms with Gasteiger partial charge in [0.25, 0.3) is 0 Å². The van der Waals surface area contributed by atoms with Gasteiger partial charge < -0.3 is 25.4 Å². The first-order chi connectivity index (χ1) is 17.0. The number of aliphatic hydroxyl groups excluding tert-OH is 1. The van der Waals surface area contributed by atoms with Crippen LogP contribution in [0.1, 0.15) is 18.4 Å². The number of hydrogen-bond acceptors (Lipinski definition) is 7. The third-order valence-electron chi connectivity index (χ3n) is 7.83. The molecule has 1 spiro atoms. The summed E-state index contributed by atoms with van der Waals surface area (Å²) in [4.78, 5) is 44.2. The molecule has 35 heavy (non-hydrogen) atoms. The SMILES string of the molecule is O=C(NCCN1CCOCC1)C1N(CCO)C(=O)[C@@H]2[C@H](C(=O)NCc3ccccc3)[C@@H]3CCC12S3. The Morgan fingerprint density at radius 3 is 2.63 bits per heavy atom. The second-order valence-electron chi connectivity index (χ2n) is 9.76. The van der Waals surface area contributed by atoms with Crippen molar-refractivity contribution in [2.24, 2.45) is 11.8 Å². The molecule has 9 nitrogen and oxygen atoms in total. The first kappa shape index (κ1) is 24.5. The number of nitrogens with zero attached hydrogens (tertiary/aromatic N) is 2. The van der Waals surface area contributed by atoms with E-state index in [2.05, 4.69) is 15.5 Å². The zero-order valence-electron chi connectivity index (χ0n) is 19.9. The Kier molecular flexibility index (Phi) is 7.34. The van der Waals surface area contributed by atoms with Gasteiger partial charge in [0.1, 0.15) is 6.04 Å². The lowest BCUT2D eigenvalue weighted by atomic mass is 9.70. The number of carbonyl (C=O) groups is 3. The van der Waals surface area contributed by atoms with E-state index in [4.69, 9.17) is 4.74 Å². The number of rotatable bonds is 9. The summed E-state index contributed by atoms with van der Waals surface area (Å²) in [5.41, 5.74) is 1.00. The van der Waals surface area contributed by atoms with Crippen LogP contribution in [-0.2, 0) is 25.7 Å². The number of fused-ring (bicyclic) bond motifs is 1. The van der Waals surface area contributed by atoms with Gasteiger partial charge in [0.15, 0.2) is 0 Å². The molecule has 0 radical (unpaired) electrons. The molecule has 10 heteroatoms. The lowest BCUT2D eigenvalue weighted by Crippen LogP contribution is -2.55. The van der Waals surface area contributed by atoms with Gasteiger partial charge in [-0.15, -0.1) is 11.8 Å². The molecule has 0 saturated carbocycles. The Labute approximate surface area is 209 Å². The highest BCUT2D eigenvalue weighted by Gasteiger charge is 2.73. The smallest absolute Gasteiger partial charge is 0.244 e. The molecule has 4 aliphatic heterocycles. The molecule has 0 aromatic heterocycles. The van der Waals surface area contributed by atoms with Gasteiger partial charge in [0.2, 0.25) is 17.7 Å².